The summed E-state index contributed by atoms with van der Waals surface area (Å²) < 4.78 is 13.3. The highest BCUT2D eigenvalue weighted by Gasteiger charge is 2.24. The molecule has 1 aromatic heterocycles. The first-order valence-electron chi connectivity index (χ1n) is 6.82. The lowest BCUT2D eigenvalue weighted by molar-refractivity contribution is 0.626. The van der Waals surface area contributed by atoms with E-state index in [0.717, 1.165) is 39.4 Å². The summed E-state index contributed by atoms with van der Waals surface area (Å²) >= 11 is 1.69. The first-order chi connectivity index (χ1) is 10.2. The van der Waals surface area contributed by atoms with Gasteiger partial charge in [-0.3, -0.25) is 0 Å². The summed E-state index contributed by atoms with van der Waals surface area (Å²) in [6.45, 7) is 0.549. The van der Waals surface area contributed by atoms with Crippen LogP contribution in [0, 0.1) is 5.82 Å². The number of thiazole rings is 1. The van der Waals surface area contributed by atoms with Crippen molar-refractivity contribution in [1.29, 1.82) is 0 Å². The Bertz CT molecular complexity index is 821. The molecule has 4 rings (SSSR count). The minimum Gasteiger partial charge on any atom is -0.326 e. The molecule has 0 saturated heterocycles. The third kappa shape index (κ3) is 2.07. The minimum atomic E-state index is -0.179. The van der Waals surface area contributed by atoms with E-state index in [0.29, 0.717) is 6.54 Å². The van der Waals surface area contributed by atoms with Crippen molar-refractivity contribution in [2.75, 3.05) is 0 Å². The van der Waals surface area contributed by atoms with Gasteiger partial charge in [0, 0.05) is 29.0 Å². The molecule has 104 valence electrons. The van der Waals surface area contributed by atoms with Crippen molar-refractivity contribution in [3.8, 4) is 21.8 Å². The Kier molecular flexibility index (Phi) is 2.87. The van der Waals surface area contributed by atoms with Crippen LogP contribution in [0.1, 0.15) is 16.0 Å². The molecule has 0 radical (unpaired) electrons. The molecule has 0 saturated carbocycles. The van der Waals surface area contributed by atoms with E-state index >= 15 is 0 Å². The van der Waals surface area contributed by atoms with Gasteiger partial charge in [0.05, 0.1) is 5.69 Å². The van der Waals surface area contributed by atoms with E-state index in [-0.39, 0.29) is 5.82 Å². The van der Waals surface area contributed by atoms with Gasteiger partial charge in [0.25, 0.3) is 0 Å². The van der Waals surface area contributed by atoms with Crippen molar-refractivity contribution in [2.24, 2.45) is 5.73 Å². The summed E-state index contributed by atoms with van der Waals surface area (Å²) in [5.41, 5.74) is 10.9. The smallest absolute Gasteiger partial charge is 0.124 e. The molecule has 3 aromatic rings. The molecule has 0 spiro atoms. The summed E-state index contributed by atoms with van der Waals surface area (Å²) in [5.74, 6) is -0.179. The third-order valence-electron chi connectivity index (χ3n) is 3.81. The molecular weight excluding hydrogens is 283 g/mol. The zero-order chi connectivity index (χ0) is 14.4. The van der Waals surface area contributed by atoms with E-state index in [1.165, 1.54) is 10.9 Å². The van der Waals surface area contributed by atoms with Gasteiger partial charge in [0.2, 0.25) is 0 Å². The molecule has 4 heteroatoms. The van der Waals surface area contributed by atoms with Gasteiger partial charge in [-0.2, -0.15) is 0 Å². The molecule has 1 heterocycles. The van der Waals surface area contributed by atoms with E-state index in [1.54, 1.807) is 17.4 Å². The van der Waals surface area contributed by atoms with Crippen molar-refractivity contribution in [3.63, 3.8) is 0 Å². The zero-order valence-corrected chi connectivity index (χ0v) is 12.1. The maximum atomic E-state index is 13.3. The Morgan fingerprint density at radius 2 is 1.95 bits per heavy atom. The Morgan fingerprint density at radius 3 is 2.71 bits per heavy atom. The molecule has 0 bridgehead atoms. The van der Waals surface area contributed by atoms with Crippen LogP contribution < -0.4 is 5.73 Å². The molecule has 21 heavy (non-hydrogen) atoms. The van der Waals surface area contributed by atoms with Crippen LogP contribution in [0.5, 0.6) is 0 Å². The molecule has 0 aliphatic heterocycles. The predicted molar refractivity (Wildman–Crippen MR) is 83.6 cm³/mol. The van der Waals surface area contributed by atoms with Crippen LogP contribution >= 0.6 is 11.3 Å². The summed E-state index contributed by atoms with van der Waals surface area (Å²) in [6, 6.07) is 13.1. The number of nitrogens with two attached hydrogens (primary N) is 1. The topological polar surface area (TPSA) is 38.9 Å². The average molecular weight is 296 g/mol. The lowest BCUT2D eigenvalue weighted by Crippen LogP contribution is -1.95. The number of aromatic nitrogens is 1. The van der Waals surface area contributed by atoms with E-state index in [9.17, 15) is 4.39 Å². The van der Waals surface area contributed by atoms with Gasteiger partial charge in [-0.05, 0) is 29.3 Å². The molecule has 2 aromatic carbocycles. The Morgan fingerprint density at radius 1 is 1.14 bits per heavy atom. The number of fused-ring (bicyclic) bond motifs is 3. The standard InChI is InChI=1S/C17H13FN2S/c18-13-5-6-14-12(7-13)8-15-16(14)20-17(21-15)11-3-1-10(9-19)2-4-11/h1-7H,8-9,19H2. The van der Waals surface area contributed by atoms with Gasteiger partial charge >= 0.3 is 0 Å². The van der Waals surface area contributed by atoms with Gasteiger partial charge in [-0.25, -0.2) is 9.37 Å². The fourth-order valence-corrected chi connectivity index (χ4v) is 3.81. The van der Waals surface area contributed by atoms with E-state index in [1.807, 2.05) is 18.2 Å². The molecule has 1 aliphatic rings. The SMILES string of the molecule is NCc1ccc(-c2nc3c(s2)Cc2cc(F)ccc2-3)cc1. The first kappa shape index (κ1) is 12.7. The van der Waals surface area contributed by atoms with Crippen molar-refractivity contribution < 1.29 is 4.39 Å². The van der Waals surface area contributed by atoms with Crippen LogP contribution in [0.2, 0.25) is 0 Å². The van der Waals surface area contributed by atoms with Crippen molar-refractivity contribution in [2.45, 2.75) is 13.0 Å². The Hall–Kier alpha value is -2.04. The molecule has 0 atom stereocenters. The average Bonchev–Trinajstić information content (AvgIpc) is 3.04. The van der Waals surface area contributed by atoms with Gasteiger partial charge in [0.15, 0.2) is 0 Å². The molecule has 2 nitrogen and oxygen atoms in total. The second-order valence-electron chi connectivity index (χ2n) is 5.17. The number of nitrogens with zero attached hydrogens (tertiary/aromatic N) is 1. The van der Waals surface area contributed by atoms with E-state index in [4.69, 9.17) is 10.7 Å². The fraction of sp³-hybridized carbons (Fsp3) is 0.118. The van der Waals surface area contributed by atoms with E-state index < -0.39 is 0 Å². The maximum Gasteiger partial charge on any atom is 0.124 e. The first-order valence-corrected chi connectivity index (χ1v) is 7.64. The molecule has 0 unspecified atom stereocenters. The second kappa shape index (κ2) is 4.76. The Balaban J connectivity index is 1.75. The third-order valence-corrected chi connectivity index (χ3v) is 4.91. The fourth-order valence-electron chi connectivity index (χ4n) is 2.70. The van der Waals surface area contributed by atoms with Crippen molar-refractivity contribution >= 4 is 11.3 Å². The van der Waals surface area contributed by atoms with Gasteiger partial charge < -0.3 is 5.73 Å². The largest absolute Gasteiger partial charge is 0.326 e. The summed E-state index contributed by atoms with van der Waals surface area (Å²) in [7, 11) is 0. The monoisotopic (exact) mass is 296 g/mol. The van der Waals surface area contributed by atoms with Crippen LogP contribution in [0.15, 0.2) is 42.5 Å². The van der Waals surface area contributed by atoms with Gasteiger partial charge in [-0.1, -0.05) is 24.3 Å². The number of halogens is 1. The van der Waals surface area contributed by atoms with E-state index in [2.05, 4.69) is 12.1 Å². The Labute approximate surface area is 126 Å². The number of rotatable bonds is 2. The normalized spacial score (nSPS) is 12.3. The van der Waals surface area contributed by atoms with Gasteiger partial charge in [0.1, 0.15) is 10.8 Å². The number of hydrogen-bond donors (Lipinski definition) is 1. The highest BCUT2D eigenvalue weighted by atomic mass is 32.1. The summed E-state index contributed by atoms with van der Waals surface area (Å²) in [5, 5.41) is 1.01. The highest BCUT2D eigenvalue weighted by molar-refractivity contribution is 7.15. The molecule has 1 aliphatic carbocycles. The summed E-state index contributed by atoms with van der Waals surface area (Å²) in [6.07, 6.45) is 0.779. The van der Waals surface area contributed by atoms with Crippen LogP contribution in [0.4, 0.5) is 4.39 Å². The predicted octanol–water partition coefficient (Wildman–Crippen LogP) is 3.98. The van der Waals surface area contributed by atoms with Crippen LogP contribution in [-0.2, 0) is 13.0 Å². The molecule has 0 amide bonds. The lowest BCUT2D eigenvalue weighted by atomic mass is 10.1. The number of benzene rings is 2. The molecule has 0 fully saturated rings. The summed E-state index contributed by atoms with van der Waals surface area (Å²) in [4.78, 5) is 5.97. The molecular formula is C17H13FN2S. The lowest BCUT2D eigenvalue weighted by Gasteiger charge is -2.01. The van der Waals surface area contributed by atoms with Crippen LogP contribution in [-0.4, -0.2) is 4.98 Å². The van der Waals surface area contributed by atoms with Crippen molar-refractivity contribution in [1.82, 2.24) is 4.98 Å². The van der Waals surface area contributed by atoms with Gasteiger partial charge in [-0.15, -0.1) is 11.3 Å². The maximum absolute atomic E-state index is 13.3. The second-order valence-corrected chi connectivity index (χ2v) is 6.25. The molecule has 2 N–H and O–H groups in total. The minimum absolute atomic E-state index is 0.179. The van der Waals surface area contributed by atoms with Crippen molar-refractivity contribution in [3.05, 3.63) is 64.3 Å². The zero-order valence-electron chi connectivity index (χ0n) is 11.3. The van der Waals surface area contributed by atoms with Crippen LogP contribution in [0.3, 0.4) is 0 Å². The highest BCUT2D eigenvalue weighted by Crippen LogP contribution is 2.42. The number of hydrogen-bond acceptors (Lipinski definition) is 3. The quantitative estimate of drug-likeness (QED) is 0.607. The van der Waals surface area contributed by atoms with Crippen LogP contribution in [0.25, 0.3) is 21.8 Å².